The zero-order valence-electron chi connectivity index (χ0n) is 17.2. The molecule has 4 rings (SSSR count). The fourth-order valence-corrected chi connectivity index (χ4v) is 3.63. The van der Waals surface area contributed by atoms with Crippen molar-refractivity contribution in [2.75, 3.05) is 30.3 Å². The van der Waals surface area contributed by atoms with Crippen molar-refractivity contribution >= 4 is 23.3 Å². The van der Waals surface area contributed by atoms with Gasteiger partial charge in [-0.3, -0.25) is 9.59 Å². The number of likely N-dealkylation sites (tertiary alicyclic amines) is 1. The number of rotatable bonds is 8. The van der Waals surface area contributed by atoms with Crippen LogP contribution in [0.4, 0.5) is 11.5 Å². The van der Waals surface area contributed by atoms with Gasteiger partial charge in [-0.05, 0) is 36.2 Å². The van der Waals surface area contributed by atoms with Gasteiger partial charge in [0.25, 0.3) is 5.91 Å². The second kappa shape index (κ2) is 9.84. The van der Waals surface area contributed by atoms with Crippen LogP contribution in [0.2, 0.25) is 0 Å². The van der Waals surface area contributed by atoms with Crippen LogP contribution < -0.4 is 10.6 Å². The minimum absolute atomic E-state index is 0.196. The van der Waals surface area contributed by atoms with E-state index in [1.165, 1.54) is 5.56 Å². The lowest BCUT2D eigenvalue weighted by Gasteiger charge is -2.17. The monoisotopic (exact) mass is 415 g/mol. The van der Waals surface area contributed by atoms with Gasteiger partial charge in [-0.1, -0.05) is 48.5 Å². The van der Waals surface area contributed by atoms with Crippen LogP contribution in [0.5, 0.6) is 0 Å². The summed E-state index contributed by atoms with van der Waals surface area (Å²) < 4.78 is 0. The number of benzene rings is 2. The standard InChI is InChI=1S/C24H25N5O2/c30-23-15-19(17-29(23)14-13-18-7-3-1-4-8-18)16-25-22-12-11-21(27-28-22)24(31)26-20-9-5-2-6-10-20/h1-12,19H,13-17H2,(H,25,28)(H,26,31). The Hall–Kier alpha value is -3.74. The van der Waals surface area contributed by atoms with Gasteiger partial charge < -0.3 is 15.5 Å². The van der Waals surface area contributed by atoms with E-state index in [1.807, 2.05) is 53.4 Å². The molecule has 2 heterocycles. The first-order valence-electron chi connectivity index (χ1n) is 10.4. The molecule has 1 saturated heterocycles. The van der Waals surface area contributed by atoms with Crippen LogP contribution in [0.15, 0.2) is 72.8 Å². The number of carbonyl (C=O) groups is 2. The SMILES string of the molecule is O=C(Nc1ccccc1)c1ccc(NCC2CC(=O)N(CCc3ccccc3)C2)nn1. The molecule has 0 saturated carbocycles. The minimum Gasteiger partial charge on any atom is -0.368 e. The van der Waals surface area contributed by atoms with E-state index in [9.17, 15) is 9.59 Å². The number of hydrogen-bond donors (Lipinski definition) is 2. The predicted octanol–water partition coefficient (Wildman–Crippen LogP) is 3.23. The van der Waals surface area contributed by atoms with Gasteiger partial charge >= 0.3 is 0 Å². The Morgan fingerprint density at radius 3 is 2.42 bits per heavy atom. The summed E-state index contributed by atoms with van der Waals surface area (Å²) in [5.74, 6) is 0.708. The van der Waals surface area contributed by atoms with E-state index >= 15 is 0 Å². The molecule has 1 fully saturated rings. The number of amides is 2. The predicted molar refractivity (Wildman–Crippen MR) is 120 cm³/mol. The van der Waals surface area contributed by atoms with Gasteiger partial charge in [-0.15, -0.1) is 10.2 Å². The zero-order chi connectivity index (χ0) is 21.5. The van der Waals surface area contributed by atoms with E-state index in [0.29, 0.717) is 24.5 Å². The lowest BCUT2D eigenvalue weighted by Crippen LogP contribution is -2.28. The molecule has 0 bridgehead atoms. The molecule has 158 valence electrons. The highest BCUT2D eigenvalue weighted by Gasteiger charge is 2.29. The van der Waals surface area contributed by atoms with Crippen molar-refractivity contribution in [3.63, 3.8) is 0 Å². The molecule has 2 amide bonds. The number of carbonyl (C=O) groups excluding carboxylic acids is 2. The maximum atomic E-state index is 12.3. The van der Waals surface area contributed by atoms with Crippen molar-refractivity contribution in [1.29, 1.82) is 0 Å². The summed E-state index contributed by atoms with van der Waals surface area (Å²) in [5, 5.41) is 14.1. The van der Waals surface area contributed by atoms with Crippen molar-refractivity contribution in [1.82, 2.24) is 15.1 Å². The van der Waals surface area contributed by atoms with Crippen LogP contribution in [-0.4, -0.2) is 46.5 Å². The van der Waals surface area contributed by atoms with Crippen LogP contribution in [0.25, 0.3) is 0 Å². The molecule has 2 aromatic carbocycles. The lowest BCUT2D eigenvalue weighted by atomic mass is 10.1. The minimum atomic E-state index is -0.305. The quantitative estimate of drug-likeness (QED) is 0.590. The molecule has 1 aliphatic rings. The number of anilines is 2. The lowest BCUT2D eigenvalue weighted by molar-refractivity contribution is -0.127. The van der Waals surface area contributed by atoms with Crippen molar-refractivity contribution in [2.45, 2.75) is 12.8 Å². The number of nitrogens with zero attached hydrogens (tertiary/aromatic N) is 3. The van der Waals surface area contributed by atoms with Gasteiger partial charge in [-0.2, -0.15) is 0 Å². The molecule has 3 aromatic rings. The third-order valence-corrected chi connectivity index (χ3v) is 5.31. The molecule has 7 heteroatoms. The first-order valence-corrected chi connectivity index (χ1v) is 10.4. The molecule has 7 nitrogen and oxygen atoms in total. The first-order chi connectivity index (χ1) is 15.2. The molecule has 1 atom stereocenters. The number of hydrogen-bond acceptors (Lipinski definition) is 5. The molecule has 1 aromatic heterocycles. The molecule has 0 radical (unpaired) electrons. The van der Waals surface area contributed by atoms with Gasteiger partial charge in [0.15, 0.2) is 5.69 Å². The van der Waals surface area contributed by atoms with Crippen molar-refractivity contribution < 1.29 is 9.59 Å². The van der Waals surface area contributed by atoms with Gasteiger partial charge in [0.2, 0.25) is 5.91 Å². The summed E-state index contributed by atoms with van der Waals surface area (Å²) in [5.41, 5.74) is 2.19. The Morgan fingerprint density at radius 2 is 1.71 bits per heavy atom. The topological polar surface area (TPSA) is 87.2 Å². The van der Waals surface area contributed by atoms with Gasteiger partial charge in [0.1, 0.15) is 5.82 Å². The first kappa shape index (κ1) is 20.5. The Morgan fingerprint density at radius 1 is 0.968 bits per heavy atom. The van der Waals surface area contributed by atoms with Crippen molar-refractivity contribution in [3.05, 3.63) is 84.1 Å². The molecular weight excluding hydrogens is 390 g/mol. The molecule has 2 N–H and O–H groups in total. The van der Waals surface area contributed by atoms with Crippen molar-refractivity contribution in [3.8, 4) is 0 Å². The Balaban J connectivity index is 1.24. The summed E-state index contributed by atoms with van der Waals surface area (Å²) in [7, 11) is 0. The number of aromatic nitrogens is 2. The van der Waals surface area contributed by atoms with E-state index < -0.39 is 0 Å². The Labute approximate surface area is 181 Å². The summed E-state index contributed by atoms with van der Waals surface area (Å²) in [4.78, 5) is 26.5. The summed E-state index contributed by atoms with van der Waals surface area (Å²) in [6, 6.07) is 22.8. The van der Waals surface area contributed by atoms with Gasteiger partial charge in [0.05, 0.1) is 0 Å². The largest absolute Gasteiger partial charge is 0.368 e. The van der Waals surface area contributed by atoms with Crippen molar-refractivity contribution in [2.24, 2.45) is 5.92 Å². The van der Waals surface area contributed by atoms with E-state index in [0.717, 1.165) is 19.5 Å². The summed E-state index contributed by atoms with van der Waals surface area (Å²) in [6.45, 7) is 2.12. The van der Waals surface area contributed by atoms with Gasteiger partial charge in [0, 0.05) is 37.7 Å². The molecule has 0 spiro atoms. The van der Waals surface area contributed by atoms with Crippen LogP contribution in [0.3, 0.4) is 0 Å². The van der Waals surface area contributed by atoms with Crippen LogP contribution in [0, 0.1) is 5.92 Å². The van der Waals surface area contributed by atoms with E-state index in [2.05, 4.69) is 33.0 Å². The Bertz CT molecular complexity index is 1010. The third kappa shape index (κ3) is 5.66. The smallest absolute Gasteiger partial charge is 0.276 e. The molecule has 1 aliphatic heterocycles. The van der Waals surface area contributed by atoms with E-state index in [-0.39, 0.29) is 23.4 Å². The average molecular weight is 415 g/mol. The fraction of sp³-hybridized carbons (Fsp3) is 0.250. The highest BCUT2D eigenvalue weighted by molar-refractivity contribution is 6.02. The molecular formula is C24H25N5O2. The van der Waals surface area contributed by atoms with Crippen LogP contribution >= 0.6 is 0 Å². The Kier molecular flexibility index (Phi) is 6.52. The zero-order valence-corrected chi connectivity index (χ0v) is 17.2. The third-order valence-electron chi connectivity index (χ3n) is 5.31. The van der Waals surface area contributed by atoms with Crippen LogP contribution in [-0.2, 0) is 11.2 Å². The van der Waals surface area contributed by atoms with Gasteiger partial charge in [-0.25, -0.2) is 0 Å². The maximum Gasteiger partial charge on any atom is 0.276 e. The summed E-state index contributed by atoms with van der Waals surface area (Å²) >= 11 is 0. The highest BCUT2D eigenvalue weighted by Crippen LogP contribution is 2.19. The van der Waals surface area contributed by atoms with E-state index in [1.54, 1.807) is 12.1 Å². The number of nitrogens with one attached hydrogen (secondary N) is 2. The second-order valence-corrected chi connectivity index (χ2v) is 7.65. The molecule has 1 unspecified atom stereocenters. The highest BCUT2D eigenvalue weighted by atomic mass is 16.2. The molecule has 0 aliphatic carbocycles. The second-order valence-electron chi connectivity index (χ2n) is 7.65. The molecule has 31 heavy (non-hydrogen) atoms. The number of para-hydroxylation sites is 1. The maximum absolute atomic E-state index is 12.3. The fourth-order valence-electron chi connectivity index (χ4n) is 3.63. The van der Waals surface area contributed by atoms with Crippen LogP contribution in [0.1, 0.15) is 22.5 Å². The van der Waals surface area contributed by atoms with E-state index in [4.69, 9.17) is 0 Å². The normalized spacial score (nSPS) is 15.7. The average Bonchev–Trinajstić information content (AvgIpc) is 3.17. The summed E-state index contributed by atoms with van der Waals surface area (Å²) in [6.07, 6.45) is 1.40.